The van der Waals surface area contributed by atoms with Crippen molar-refractivity contribution in [3.05, 3.63) is 60.8 Å². The number of nitro groups is 1. The number of pyridine rings is 1. The van der Waals surface area contributed by atoms with Crippen LogP contribution in [0.4, 0.5) is 11.4 Å². The highest BCUT2D eigenvalue weighted by Crippen LogP contribution is 2.30. The van der Waals surface area contributed by atoms with Gasteiger partial charge in [0, 0.05) is 16.1 Å². The number of benzene rings is 1. The highest BCUT2D eigenvalue weighted by atomic mass is 79.9. The Kier molecular flexibility index (Phi) is 4.69. The average molecular weight is 415 g/mol. The lowest BCUT2D eigenvalue weighted by Gasteiger charge is -2.08. The molecule has 1 amide bonds. The van der Waals surface area contributed by atoms with Gasteiger partial charge in [0.2, 0.25) is 0 Å². The Morgan fingerprint density at radius 3 is 2.67 bits per heavy atom. The number of aryl methyl sites for hydroxylation is 1. The van der Waals surface area contributed by atoms with Crippen molar-refractivity contribution in [3.63, 3.8) is 0 Å². The van der Waals surface area contributed by atoms with E-state index in [1.54, 1.807) is 31.2 Å². The minimum Gasteiger partial charge on any atom is -0.319 e. The average Bonchev–Trinajstić information content (AvgIpc) is 2.41. The Bertz CT molecular complexity index is 735. The molecule has 0 aliphatic heterocycles. The van der Waals surface area contributed by atoms with Gasteiger partial charge in [-0.1, -0.05) is 6.07 Å². The normalized spacial score (nSPS) is 10.2. The number of aromatic nitrogens is 1. The Labute approximate surface area is 137 Å². The molecule has 8 heteroatoms. The number of carbonyl (C=O) groups is 1. The zero-order valence-electron chi connectivity index (χ0n) is 10.8. The van der Waals surface area contributed by atoms with E-state index in [1.807, 2.05) is 0 Å². The fraction of sp³-hybridized carbons (Fsp3) is 0.0769. The molecule has 0 unspecified atom stereocenters. The van der Waals surface area contributed by atoms with Crippen molar-refractivity contribution in [2.75, 3.05) is 5.32 Å². The molecule has 0 saturated heterocycles. The molecule has 21 heavy (non-hydrogen) atoms. The smallest absolute Gasteiger partial charge is 0.274 e. The summed E-state index contributed by atoms with van der Waals surface area (Å²) in [5.74, 6) is -0.449. The third kappa shape index (κ3) is 3.64. The molecule has 0 bridgehead atoms. The van der Waals surface area contributed by atoms with Gasteiger partial charge in [-0.15, -0.1) is 0 Å². The molecule has 2 rings (SSSR count). The molecule has 1 aromatic heterocycles. The summed E-state index contributed by atoms with van der Waals surface area (Å²) < 4.78 is 1.10. The van der Waals surface area contributed by atoms with Crippen LogP contribution in [0.2, 0.25) is 0 Å². The molecule has 0 saturated carbocycles. The van der Waals surface area contributed by atoms with Crippen molar-refractivity contribution >= 4 is 49.1 Å². The molecule has 1 N–H and O–H groups in total. The number of halogens is 2. The maximum Gasteiger partial charge on any atom is 0.274 e. The lowest BCUT2D eigenvalue weighted by molar-refractivity contribution is -0.385. The molecule has 0 aliphatic rings. The SMILES string of the molecule is Cc1cc(Br)c(NC(=O)c2cccc(Br)n2)cc1[N+](=O)[O-]. The van der Waals surface area contributed by atoms with Crippen LogP contribution in [0.25, 0.3) is 0 Å². The molecule has 0 fully saturated rings. The maximum atomic E-state index is 12.1. The van der Waals surface area contributed by atoms with Crippen LogP contribution >= 0.6 is 31.9 Å². The number of carbonyl (C=O) groups excluding carboxylic acids is 1. The van der Waals surface area contributed by atoms with E-state index in [9.17, 15) is 14.9 Å². The van der Waals surface area contributed by atoms with E-state index in [1.165, 1.54) is 6.07 Å². The second kappa shape index (κ2) is 6.31. The molecule has 1 heterocycles. The monoisotopic (exact) mass is 413 g/mol. The number of amides is 1. The third-order valence-electron chi connectivity index (χ3n) is 2.68. The molecular formula is C13H9Br2N3O3. The Morgan fingerprint density at radius 1 is 1.33 bits per heavy atom. The number of hydrogen-bond acceptors (Lipinski definition) is 4. The highest BCUT2D eigenvalue weighted by molar-refractivity contribution is 9.10. The zero-order valence-corrected chi connectivity index (χ0v) is 13.9. The quantitative estimate of drug-likeness (QED) is 0.465. The summed E-state index contributed by atoms with van der Waals surface area (Å²) in [5, 5.41) is 13.5. The fourth-order valence-corrected chi connectivity index (χ4v) is 2.58. The summed E-state index contributed by atoms with van der Waals surface area (Å²) in [7, 11) is 0. The van der Waals surface area contributed by atoms with E-state index in [0.717, 1.165) is 0 Å². The summed E-state index contributed by atoms with van der Waals surface area (Å²) in [6.45, 7) is 1.63. The number of nitrogens with zero attached hydrogens (tertiary/aromatic N) is 2. The van der Waals surface area contributed by atoms with Gasteiger partial charge in [0.1, 0.15) is 10.3 Å². The van der Waals surface area contributed by atoms with Gasteiger partial charge < -0.3 is 5.32 Å². The van der Waals surface area contributed by atoms with E-state index >= 15 is 0 Å². The molecule has 0 atom stereocenters. The summed E-state index contributed by atoms with van der Waals surface area (Å²) in [6.07, 6.45) is 0. The van der Waals surface area contributed by atoms with Crippen molar-refractivity contribution in [1.29, 1.82) is 0 Å². The first-order valence-electron chi connectivity index (χ1n) is 5.77. The van der Waals surface area contributed by atoms with Crippen LogP contribution in [0.3, 0.4) is 0 Å². The predicted molar refractivity (Wildman–Crippen MR) is 85.4 cm³/mol. The topological polar surface area (TPSA) is 85.1 Å². The van der Waals surface area contributed by atoms with Crippen LogP contribution in [0.15, 0.2) is 39.4 Å². The second-order valence-corrected chi connectivity index (χ2v) is 5.84. The summed E-state index contributed by atoms with van der Waals surface area (Å²) in [5.41, 5.74) is 0.972. The lowest BCUT2D eigenvalue weighted by atomic mass is 10.2. The van der Waals surface area contributed by atoms with Crippen LogP contribution < -0.4 is 5.32 Å². The molecule has 1 aromatic carbocycles. The molecule has 0 spiro atoms. The van der Waals surface area contributed by atoms with Crippen LogP contribution in [-0.4, -0.2) is 15.8 Å². The van der Waals surface area contributed by atoms with Gasteiger partial charge in [-0.25, -0.2) is 4.98 Å². The van der Waals surface area contributed by atoms with Gasteiger partial charge in [0.25, 0.3) is 11.6 Å². The van der Waals surface area contributed by atoms with Crippen LogP contribution in [0.5, 0.6) is 0 Å². The highest BCUT2D eigenvalue weighted by Gasteiger charge is 2.17. The summed E-state index contributed by atoms with van der Waals surface area (Å²) in [6, 6.07) is 7.83. The van der Waals surface area contributed by atoms with E-state index in [0.29, 0.717) is 20.3 Å². The number of rotatable bonds is 3. The van der Waals surface area contributed by atoms with E-state index in [-0.39, 0.29) is 11.4 Å². The maximum absolute atomic E-state index is 12.1. The summed E-state index contributed by atoms with van der Waals surface area (Å²) in [4.78, 5) is 26.6. The van der Waals surface area contributed by atoms with Gasteiger partial charge in [0.15, 0.2) is 0 Å². The van der Waals surface area contributed by atoms with Gasteiger partial charge in [0.05, 0.1) is 10.6 Å². The first-order valence-corrected chi connectivity index (χ1v) is 7.35. The molecule has 0 radical (unpaired) electrons. The molecule has 6 nitrogen and oxygen atoms in total. The predicted octanol–water partition coefficient (Wildman–Crippen LogP) is 4.08. The zero-order chi connectivity index (χ0) is 15.6. The first kappa shape index (κ1) is 15.6. The van der Waals surface area contributed by atoms with Crippen molar-refractivity contribution < 1.29 is 9.72 Å². The van der Waals surface area contributed by atoms with Crippen molar-refractivity contribution in [2.45, 2.75) is 6.92 Å². The Balaban J connectivity index is 2.33. The van der Waals surface area contributed by atoms with Crippen LogP contribution in [-0.2, 0) is 0 Å². The number of nitrogens with one attached hydrogen (secondary N) is 1. The largest absolute Gasteiger partial charge is 0.319 e. The van der Waals surface area contributed by atoms with E-state index in [2.05, 4.69) is 42.2 Å². The van der Waals surface area contributed by atoms with E-state index in [4.69, 9.17) is 0 Å². The van der Waals surface area contributed by atoms with Crippen molar-refractivity contribution in [1.82, 2.24) is 4.98 Å². The van der Waals surface area contributed by atoms with Gasteiger partial charge in [-0.05, 0) is 57.0 Å². The Morgan fingerprint density at radius 2 is 2.05 bits per heavy atom. The van der Waals surface area contributed by atoms with Gasteiger partial charge in [-0.3, -0.25) is 14.9 Å². The van der Waals surface area contributed by atoms with Crippen molar-refractivity contribution in [3.8, 4) is 0 Å². The molecular weight excluding hydrogens is 406 g/mol. The van der Waals surface area contributed by atoms with Gasteiger partial charge in [-0.2, -0.15) is 0 Å². The first-order chi connectivity index (χ1) is 9.88. The molecule has 108 valence electrons. The summed E-state index contributed by atoms with van der Waals surface area (Å²) >= 11 is 6.46. The van der Waals surface area contributed by atoms with Gasteiger partial charge >= 0.3 is 0 Å². The van der Waals surface area contributed by atoms with Crippen molar-refractivity contribution in [2.24, 2.45) is 0 Å². The van der Waals surface area contributed by atoms with E-state index < -0.39 is 10.8 Å². The third-order valence-corrected chi connectivity index (χ3v) is 3.78. The standard InChI is InChI=1S/C13H9Br2N3O3/c1-7-5-8(14)10(6-11(7)18(20)21)17-13(19)9-3-2-4-12(15)16-9/h2-6H,1H3,(H,17,19). The number of anilines is 1. The second-order valence-electron chi connectivity index (χ2n) is 4.18. The minimum absolute atomic E-state index is 0.0595. The van der Waals surface area contributed by atoms with Crippen LogP contribution in [0, 0.1) is 17.0 Å². The number of nitro benzene ring substituents is 1. The lowest BCUT2D eigenvalue weighted by Crippen LogP contribution is -2.14. The molecule has 0 aliphatic carbocycles. The minimum atomic E-state index is -0.491. The Hall–Kier alpha value is -1.80. The fourth-order valence-electron chi connectivity index (χ4n) is 1.67. The molecule has 2 aromatic rings. The number of hydrogen-bond donors (Lipinski definition) is 1. The van der Waals surface area contributed by atoms with Crippen LogP contribution in [0.1, 0.15) is 16.1 Å².